The third-order valence-electron chi connectivity index (χ3n) is 8.86. The highest BCUT2D eigenvalue weighted by Crippen LogP contribution is 2.43. The Labute approximate surface area is 242 Å². The number of esters is 1. The molecule has 1 atom stereocenters. The second-order valence-electron chi connectivity index (χ2n) is 11.6. The Balaban J connectivity index is 1.35. The fourth-order valence-electron chi connectivity index (χ4n) is 6.57. The number of thiophene rings is 1. The van der Waals surface area contributed by atoms with Gasteiger partial charge in [0.25, 0.3) is 0 Å². The van der Waals surface area contributed by atoms with Gasteiger partial charge in [-0.25, -0.2) is 4.79 Å². The van der Waals surface area contributed by atoms with E-state index in [0.29, 0.717) is 11.8 Å². The zero-order valence-corrected chi connectivity index (χ0v) is 24.7. The molecule has 1 fully saturated rings. The third-order valence-corrected chi connectivity index (χ3v) is 10.0. The van der Waals surface area contributed by atoms with E-state index in [1.54, 1.807) is 16.9 Å². The summed E-state index contributed by atoms with van der Waals surface area (Å²) in [5.74, 6) is 2.65. The third kappa shape index (κ3) is 5.42. The summed E-state index contributed by atoms with van der Waals surface area (Å²) in [5, 5.41) is 0. The van der Waals surface area contributed by atoms with Crippen LogP contribution in [0.25, 0.3) is 33.4 Å². The number of allylic oxidation sites excluding steroid dienone is 3. The molecule has 0 amide bonds. The summed E-state index contributed by atoms with van der Waals surface area (Å²) in [6.07, 6.45) is 16.9. The van der Waals surface area contributed by atoms with E-state index >= 15 is 0 Å². The van der Waals surface area contributed by atoms with Crippen molar-refractivity contribution in [3.05, 3.63) is 82.0 Å². The predicted molar refractivity (Wildman–Crippen MR) is 166 cm³/mol. The maximum Gasteiger partial charge on any atom is 0.348 e. The molecular formula is C35H39NO3S. The van der Waals surface area contributed by atoms with Crippen molar-refractivity contribution in [1.82, 2.24) is 4.90 Å². The number of ether oxygens (including phenoxy) is 1. The molecule has 0 N–H and O–H groups in total. The molecule has 6 rings (SSSR count). The van der Waals surface area contributed by atoms with Crippen LogP contribution in [-0.4, -0.2) is 38.1 Å². The molecule has 4 nitrogen and oxygen atoms in total. The normalized spacial score (nSPS) is 20.3. The van der Waals surface area contributed by atoms with E-state index in [2.05, 4.69) is 73.5 Å². The molecule has 3 aromatic rings. The number of methoxy groups -OCH3 is 1. The molecule has 1 aliphatic heterocycles. The Hall–Kier alpha value is -3.15. The quantitative estimate of drug-likeness (QED) is 0.295. The Morgan fingerprint density at radius 1 is 1.05 bits per heavy atom. The first-order valence-corrected chi connectivity index (χ1v) is 15.5. The van der Waals surface area contributed by atoms with Gasteiger partial charge < -0.3 is 14.1 Å². The van der Waals surface area contributed by atoms with Gasteiger partial charge in [-0.15, -0.1) is 11.3 Å². The van der Waals surface area contributed by atoms with Gasteiger partial charge in [0, 0.05) is 34.7 Å². The molecule has 2 aromatic heterocycles. The van der Waals surface area contributed by atoms with Crippen LogP contribution < -0.4 is 0 Å². The van der Waals surface area contributed by atoms with Gasteiger partial charge in [0.05, 0.1) is 7.11 Å². The van der Waals surface area contributed by atoms with Crippen molar-refractivity contribution in [3.8, 4) is 21.8 Å². The Morgan fingerprint density at radius 2 is 1.82 bits per heavy atom. The highest BCUT2D eigenvalue weighted by Gasteiger charge is 2.29. The van der Waals surface area contributed by atoms with Crippen LogP contribution in [0.1, 0.15) is 84.3 Å². The summed E-state index contributed by atoms with van der Waals surface area (Å²) >= 11 is 1.56. The summed E-state index contributed by atoms with van der Waals surface area (Å²) in [5.41, 5.74) is 7.45. The monoisotopic (exact) mass is 553 g/mol. The first-order chi connectivity index (χ1) is 19.5. The summed E-state index contributed by atoms with van der Waals surface area (Å²) in [6, 6.07) is 13.0. The van der Waals surface area contributed by atoms with Gasteiger partial charge in [-0.2, -0.15) is 0 Å². The molecule has 0 bridgehead atoms. The van der Waals surface area contributed by atoms with Crippen LogP contribution in [0.4, 0.5) is 0 Å². The van der Waals surface area contributed by atoms with Crippen molar-refractivity contribution in [2.75, 3.05) is 27.2 Å². The van der Waals surface area contributed by atoms with Gasteiger partial charge in [-0.3, -0.25) is 0 Å². The fourth-order valence-corrected chi connectivity index (χ4v) is 7.68. The van der Waals surface area contributed by atoms with E-state index in [9.17, 15) is 4.79 Å². The topological polar surface area (TPSA) is 42.7 Å². The summed E-state index contributed by atoms with van der Waals surface area (Å²) in [7, 11) is 3.71. The maximum atomic E-state index is 13.0. The highest BCUT2D eigenvalue weighted by molar-refractivity contribution is 7.17. The van der Waals surface area contributed by atoms with Crippen LogP contribution in [0.3, 0.4) is 0 Å². The fraction of sp³-hybridized carbons (Fsp3) is 0.400. The molecule has 1 unspecified atom stereocenters. The molecule has 1 saturated carbocycles. The number of likely N-dealkylation sites (N-methyl/N-ethyl adjacent to an activating group) is 1. The van der Waals surface area contributed by atoms with Crippen LogP contribution in [0.15, 0.2) is 64.6 Å². The van der Waals surface area contributed by atoms with E-state index in [0.717, 1.165) is 63.9 Å². The molecular weight excluding hydrogens is 514 g/mol. The smallest absolute Gasteiger partial charge is 0.348 e. The number of benzene rings is 1. The average molecular weight is 554 g/mol. The van der Waals surface area contributed by atoms with E-state index in [1.807, 2.05) is 6.08 Å². The minimum atomic E-state index is -0.234. The van der Waals surface area contributed by atoms with Crippen LogP contribution in [0.2, 0.25) is 0 Å². The van der Waals surface area contributed by atoms with Crippen LogP contribution >= 0.6 is 11.3 Å². The molecule has 208 valence electrons. The summed E-state index contributed by atoms with van der Waals surface area (Å²) in [6.45, 7) is 4.26. The van der Waals surface area contributed by atoms with Crippen LogP contribution in [-0.2, 0) is 4.74 Å². The molecule has 5 heteroatoms. The molecule has 0 spiro atoms. The zero-order chi connectivity index (χ0) is 27.6. The van der Waals surface area contributed by atoms with Gasteiger partial charge in [-0.1, -0.05) is 68.7 Å². The number of rotatable bonds is 5. The van der Waals surface area contributed by atoms with E-state index in [-0.39, 0.29) is 5.97 Å². The first kappa shape index (κ1) is 27.0. The minimum Gasteiger partial charge on any atom is -0.465 e. The van der Waals surface area contributed by atoms with Crippen LogP contribution in [0.5, 0.6) is 0 Å². The van der Waals surface area contributed by atoms with Gasteiger partial charge >= 0.3 is 5.97 Å². The number of furan rings is 1. The van der Waals surface area contributed by atoms with Gasteiger partial charge in [0.1, 0.15) is 16.4 Å². The van der Waals surface area contributed by atoms with E-state index in [4.69, 9.17) is 9.15 Å². The molecule has 2 aliphatic carbocycles. The molecule has 40 heavy (non-hydrogen) atoms. The molecule has 1 aromatic carbocycles. The van der Waals surface area contributed by atoms with Gasteiger partial charge in [-0.05, 0) is 79.5 Å². The number of fused-ring (bicyclic) bond motifs is 1. The standard InChI is InChI=1S/C35H39NO3S/c1-23-10-6-4-9-13-31-28(23)20-32(39-31)25-14-16-26(17-15-25)33-21-29(34(40-33)35(37)38-3)27-18-19-36(2)22-30(27)24-11-7-5-8-12-24/h4,6,9,13-17,20-21,23-24H,5,7-8,10-12,18-19,22H2,1-3H3. The van der Waals surface area contributed by atoms with Crippen molar-refractivity contribution in [3.63, 3.8) is 0 Å². The number of nitrogens with zero attached hydrogens (tertiary/aromatic N) is 1. The van der Waals surface area contributed by atoms with E-state index < -0.39 is 0 Å². The molecule has 3 heterocycles. The lowest BCUT2D eigenvalue weighted by Crippen LogP contribution is -2.31. The summed E-state index contributed by atoms with van der Waals surface area (Å²) < 4.78 is 11.6. The minimum absolute atomic E-state index is 0.234. The lowest BCUT2D eigenvalue weighted by atomic mass is 9.78. The second kappa shape index (κ2) is 11.8. The van der Waals surface area contributed by atoms with Gasteiger partial charge in [0.2, 0.25) is 0 Å². The Kier molecular flexibility index (Phi) is 7.95. The Morgan fingerprint density at radius 3 is 2.60 bits per heavy atom. The summed E-state index contributed by atoms with van der Waals surface area (Å²) in [4.78, 5) is 17.3. The van der Waals surface area contributed by atoms with Crippen molar-refractivity contribution in [2.24, 2.45) is 5.92 Å². The average Bonchev–Trinajstić information content (AvgIpc) is 3.61. The lowest BCUT2D eigenvalue weighted by Gasteiger charge is -2.34. The van der Waals surface area contributed by atoms with Crippen molar-refractivity contribution in [1.29, 1.82) is 0 Å². The SMILES string of the molecule is COC(=O)c1sc(-c2ccc(-c3cc4c(o3)C=CC=CCC4C)cc2)cc1C1=C(C2CCCCC2)CN(C)CC1. The number of hydrogen-bond donors (Lipinski definition) is 0. The highest BCUT2D eigenvalue weighted by atomic mass is 32.1. The molecule has 0 radical (unpaired) electrons. The maximum absolute atomic E-state index is 13.0. The lowest BCUT2D eigenvalue weighted by molar-refractivity contribution is 0.0606. The number of hydrogen-bond acceptors (Lipinski definition) is 5. The first-order valence-electron chi connectivity index (χ1n) is 14.7. The number of carbonyl (C=O) groups is 1. The predicted octanol–water partition coefficient (Wildman–Crippen LogP) is 9.21. The van der Waals surface area contributed by atoms with E-state index in [1.165, 1.54) is 50.4 Å². The zero-order valence-electron chi connectivity index (χ0n) is 23.9. The van der Waals surface area contributed by atoms with Gasteiger partial charge in [0.15, 0.2) is 0 Å². The Bertz CT molecular complexity index is 1460. The number of carbonyl (C=O) groups excluding carboxylic acids is 1. The molecule has 0 saturated heterocycles. The van der Waals surface area contributed by atoms with Crippen LogP contribution in [0, 0.1) is 5.92 Å². The largest absolute Gasteiger partial charge is 0.465 e. The second-order valence-corrected chi connectivity index (χ2v) is 12.7. The van der Waals surface area contributed by atoms with Crippen molar-refractivity contribution < 1.29 is 13.9 Å². The molecule has 3 aliphatic rings. The van der Waals surface area contributed by atoms with Crippen molar-refractivity contribution in [2.45, 2.75) is 57.8 Å². The van der Waals surface area contributed by atoms with Crippen molar-refractivity contribution >= 4 is 29.0 Å².